The third-order valence-electron chi connectivity index (χ3n) is 5.25. The molecule has 0 spiro atoms. The highest BCUT2D eigenvalue weighted by molar-refractivity contribution is 5.86. The van der Waals surface area contributed by atoms with Crippen LogP contribution in [0.2, 0.25) is 0 Å². The van der Waals surface area contributed by atoms with Gasteiger partial charge in [-0.15, -0.1) is 0 Å². The normalized spacial score (nSPS) is 12.9. The lowest BCUT2D eigenvalue weighted by Crippen LogP contribution is -2.35. The Balaban J connectivity index is 1.53. The topological polar surface area (TPSA) is 41.1 Å². The molecule has 3 heteroatoms. The van der Waals surface area contributed by atoms with Gasteiger partial charge >= 0.3 is 0 Å². The summed E-state index contributed by atoms with van der Waals surface area (Å²) in [7, 11) is 0. The predicted molar refractivity (Wildman–Crippen MR) is 122 cm³/mol. The van der Waals surface area contributed by atoms with Gasteiger partial charge in [0, 0.05) is 19.1 Å². The third kappa shape index (κ3) is 5.55. The molecule has 0 aliphatic heterocycles. The third-order valence-corrected chi connectivity index (χ3v) is 5.25. The molecule has 0 unspecified atom stereocenters. The zero-order chi connectivity index (χ0) is 20.7. The van der Waals surface area contributed by atoms with E-state index in [0.717, 1.165) is 5.56 Å². The fourth-order valence-electron chi connectivity index (χ4n) is 3.42. The van der Waals surface area contributed by atoms with Crippen molar-refractivity contribution in [2.24, 2.45) is 5.41 Å². The number of hydrogen-bond donors (Lipinski definition) is 2. The van der Waals surface area contributed by atoms with Crippen molar-refractivity contribution in [2.75, 3.05) is 6.54 Å². The van der Waals surface area contributed by atoms with Gasteiger partial charge in [0.15, 0.2) is 0 Å². The van der Waals surface area contributed by atoms with E-state index in [4.69, 9.17) is 0 Å². The summed E-state index contributed by atoms with van der Waals surface area (Å²) in [5, 5.41) is 9.10. The highest BCUT2D eigenvalue weighted by Gasteiger charge is 2.23. The lowest BCUT2D eigenvalue weighted by molar-refractivity contribution is -0.127. The number of benzene rings is 3. The maximum Gasteiger partial charge on any atom is 0.229 e. The molecule has 3 nitrogen and oxygen atoms in total. The van der Waals surface area contributed by atoms with E-state index in [1.54, 1.807) is 0 Å². The van der Waals surface area contributed by atoms with Crippen LogP contribution in [-0.4, -0.2) is 12.5 Å². The van der Waals surface area contributed by atoms with Gasteiger partial charge in [-0.25, -0.2) is 0 Å². The van der Waals surface area contributed by atoms with Gasteiger partial charge in [0.25, 0.3) is 0 Å². The summed E-state index contributed by atoms with van der Waals surface area (Å²) in [6.45, 7) is 7.32. The summed E-state index contributed by atoms with van der Waals surface area (Å²) < 4.78 is 0. The number of nitrogens with one attached hydrogen (secondary N) is 2. The number of carbonyl (C=O) groups excluding carboxylic acids is 1. The summed E-state index contributed by atoms with van der Waals surface area (Å²) >= 11 is 0. The molecule has 0 aromatic heterocycles. The smallest absolute Gasteiger partial charge is 0.229 e. The molecule has 3 aromatic rings. The first-order valence-electron chi connectivity index (χ1n) is 10.2. The van der Waals surface area contributed by atoms with Gasteiger partial charge in [0.1, 0.15) is 0 Å². The first kappa shape index (κ1) is 20.8. The van der Waals surface area contributed by atoms with Gasteiger partial charge in [-0.2, -0.15) is 0 Å². The van der Waals surface area contributed by atoms with Crippen molar-refractivity contribution in [1.82, 2.24) is 10.6 Å². The van der Waals surface area contributed by atoms with Crippen molar-refractivity contribution in [3.8, 4) is 0 Å². The Morgan fingerprint density at radius 3 is 2.45 bits per heavy atom. The molecule has 0 radical (unpaired) electrons. The molecule has 1 amide bonds. The minimum Gasteiger partial charge on any atom is -0.351 e. The van der Waals surface area contributed by atoms with Crippen LogP contribution in [0.1, 0.15) is 37.9 Å². The zero-order valence-corrected chi connectivity index (χ0v) is 17.5. The highest BCUT2D eigenvalue weighted by atomic mass is 16.2. The number of carbonyl (C=O) groups is 1. The van der Waals surface area contributed by atoms with Crippen LogP contribution in [0, 0.1) is 5.41 Å². The van der Waals surface area contributed by atoms with Crippen molar-refractivity contribution in [3.63, 3.8) is 0 Å². The minimum atomic E-state index is -0.556. The largest absolute Gasteiger partial charge is 0.351 e. The number of rotatable bonds is 8. The zero-order valence-electron chi connectivity index (χ0n) is 17.5. The molecule has 0 aliphatic carbocycles. The molecular weight excluding hydrogens is 356 g/mol. The van der Waals surface area contributed by atoms with E-state index in [0.29, 0.717) is 13.1 Å². The maximum absolute atomic E-state index is 12.6. The molecule has 0 saturated heterocycles. The number of hydrogen-bond acceptors (Lipinski definition) is 2. The summed E-state index contributed by atoms with van der Waals surface area (Å²) in [4.78, 5) is 12.6. The second-order valence-electron chi connectivity index (χ2n) is 7.99. The van der Waals surface area contributed by atoms with Crippen molar-refractivity contribution >= 4 is 16.7 Å². The summed E-state index contributed by atoms with van der Waals surface area (Å²) in [6, 6.07) is 25.1. The molecule has 0 saturated carbocycles. The Kier molecular flexibility index (Phi) is 6.84. The van der Waals surface area contributed by atoms with E-state index in [1.165, 1.54) is 16.3 Å². The van der Waals surface area contributed by atoms with Gasteiger partial charge < -0.3 is 10.6 Å². The van der Waals surface area contributed by atoms with Crippen LogP contribution in [-0.2, 0) is 11.3 Å². The molecule has 2 N–H and O–H groups in total. The second kappa shape index (κ2) is 9.53. The summed E-state index contributed by atoms with van der Waals surface area (Å²) in [5.74, 6) is 0.0275. The molecule has 29 heavy (non-hydrogen) atoms. The van der Waals surface area contributed by atoms with E-state index in [2.05, 4.69) is 60.0 Å². The first-order valence-corrected chi connectivity index (χ1v) is 10.2. The fraction of sp³-hybridized carbons (Fsp3) is 0.269. The molecule has 0 fully saturated rings. The summed E-state index contributed by atoms with van der Waals surface area (Å²) in [6.07, 6.45) is 4.03. The summed E-state index contributed by atoms with van der Waals surface area (Å²) in [5.41, 5.74) is 1.83. The van der Waals surface area contributed by atoms with E-state index in [1.807, 2.05) is 56.3 Å². The van der Waals surface area contributed by atoms with Crippen molar-refractivity contribution in [1.29, 1.82) is 0 Å². The Hall–Kier alpha value is -2.91. The molecule has 3 rings (SSSR count). The lowest BCUT2D eigenvalue weighted by Gasteiger charge is -2.20. The van der Waals surface area contributed by atoms with E-state index in [-0.39, 0.29) is 11.9 Å². The molecule has 1 atom stereocenters. The Morgan fingerprint density at radius 1 is 0.966 bits per heavy atom. The Morgan fingerprint density at radius 2 is 1.66 bits per heavy atom. The van der Waals surface area contributed by atoms with Crippen LogP contribution in [0.15, 0.2) is 84.9 Å². The van der Waals surface area contributed by atoms with Gasteiger partial charge in [0.05, 0.1) is 5.41 Å². The quantitative estimate of drug-likeness (QED) is 0.510. The minimum absolute atomic E-state index is 0.0275. The van der Waals surface area contributed by atoms with Gasteiger partial charge in [-0.1, -0.05) is 84.9 Å². The van der Waals surface area contributed by atoms with Crippen molar-refractivity contribution < 1.29 is 4.79 Å². The highest BCUT2D eigenvalue weighted by Crippen LogP contribution is 2.24. The van der Waals surface area contributed by atoms with Crippen LogP contribution in [0.3, 0.4) is 0 Å². The lowest BCUT2D eigenvalue weighted by atomic mass is 9.91. The fourth-order valence-corrected chi connectivity index (χ4v) is 3.42. The standard InChI is InChI=1S/C26H30N2O/c1-20(23-16-9-14-22-13-7-8-15-24(22)23)27-18-10-17-26(2,3)25(29)28-19-21-11-5-4-6-12-21/h4-17,20,27H,18-19H2,1-3H3,(H,28,29)/b17-10+/t20-/m1/s1. The number of fused-ring (bicyclic) bond motifs is 1. The molecule has 0 heterocycles. The van der Waals surface area contributed by atoms with Gasteiger partial charge in [-0.05, 0) is 42.7 Å². The van der Waals surface area contributed by atoms with Crippen molar-refractivity contribution in [2.45, 2.75) is 33.4 Å². The molecule has 0 aliphatic rings. The average molecular weight is 387 g/mol. The van der Waals surface area contributed by atoms with Crippen LogP contribution in [0.25, 0.3) is 10.8 Å². The van der Waals surface area contributed by atoms with Crippen LogP contribution >= 0.6 is 0 Å². The van der Waals surface area contributed by atoms with Crippen molar-refractivity contribution in [3.05, 3.63) is 96.1 Å². The van der Waals surface area contributed by atoms with E-state index in [9.17, 15) is 4.79 Å². The first-order chi connectivity index (χ1) is 14.0. The predicted octanol–water partition coefficient (Wildman–Crippen LogP) is 5.39. The maximum atomic E-state index is 12.6. The average Bonchev–Trinajstić information content (AvgIpc) is 2.75. The monoisotopic (exact) mass is 386 g/mol. The van der Waals surface area contributed by atoms with Gasteiger partial charge in [0.2, 0.25) is 5.91 Å². The van der Waals surface area contributed by atoms with Crippen LogP contribution in [0.4, 0.5) is 0 Å². The molecule has 0 bridgehead atoms. The number of amides is 1. The Labute approximate surface area is 173 Å². The molecular formula is C26H30N2O. The van der Waals surface area contributed by atoms with Crippen LogP contribution < -0.4 is 10.6 Å². The Bertz CT molecular complexity index is 971. The van der Waals surface area contributed by atoms with E-state index < -0.39 is 5.41 Å². The second-order valence-corrected chi connectivity index (χ2v) is 7.99. The van der Waals surface area contributed by atoms with Crippen LogP contribution in [0.5, 0.6) is 0 Å². The molecule has 150 valence electrons. The van der Waals surface area contributed by atoms with E-state index >= 15 is 0 Å². The van der Waals surface area contributed by atoms with Gasteiger partial charge in [-0.3, -0.25) is 4.79 Å². The SMILES string of the molecule is C[C@@H](NC/C=C/C(C)(C)C(=O)NCc1ccccc1)c1cccc2ccccc12. The molecule has 3 aromatic carbocycles.